The van der Waals surface area contributed by atoms with Crippen LogP contribution in [-0.2, 0) is 16.1 Å². The van der Waals surface area contributed by atoms with E-state index in [2.05, 4.69) is 5.32 Å². The summed E-state index contributed by atoms with van der Waals surface area (Å²) >= 11 is 0. The van der Waals surface area contributed by atoms with Gasteiger partial charge in [-0.05, 0) is 43.4 Å². The van der Waals surface area contributed by atoms with E-state index in [1.165, 1.54) is 12.1 Å². The van der Waals surface area contributed by atoms with E-state index in [1.54, 1.807) is 23.5 Å². The monoisotopic (exact) mass is 326 g/mol. The minimum absolute atomic E-state index is 0.265. The number of allylic oxidation sites excluding steroid dienone is 1. The fourth-order valence-electron chi connectivity index (χ4n) is 2.08. The van der Waals surface area contributed by atoms with Crippen LogP contribution in [0.4, 0.5) is 18.9 Å². The first-order chi connectivity index (χ1) is 10.8. The molecule has 0 saturated heterocycles. The molecule has 2 amide bonds. The van der Waals surface area contributed by atoms with Crippen molar-refractivity contribution in [3.63, 3.8) is 0 Å². The topological polar surface area (TPSA) is 58.2 Å². The lowest BCUT2D eigenvalue weighted by atomic mass is 10.1. The summed E-state index contributed by atoms with van der Waals surface area (Å²) < 4.78 is 36.4. The van der Waals surface area contributed by atoms with Crippen molar-refractivity contribution in [2.45, 2.75) is 32.5 Å². The first kappa shape index (κ1) is 17.1. The summed E-state index contributed by atoms with van der Waals surface area (Å²) in [6.07, 6.45) is -1.17. The average Bonchev–Trinajstić information content (AvgIpc) is 3.28. The van der Waals surface area contributed by atoms with Crippen LogP contribution in [0, 0.1) is 5.92 Å². The predicted molar refractivity (Wildman–Crippen MR) is 79.5 cm³/mol. The van der Waals surface area contributed by atoms with E-state index in [9.17, 15) is 22.8 Å². The molecule has 0 aliphatic heterocycles. The average molecular weight is 326 g/mol. The second-order valence-corrected chi connectivity index (χ2v) is 5.53. The number of carbonyl (C=O) groups is 2. The van der Waals surface area contributed by atoms with Crippen molar-refractivity contribution in [1.82, 2.24) is 5.32 Å². The van der Waals surface area contributed by atoms with Crippen molar-refractivity contribution in [3.8, 4) is 0 Å². The lowest BCUT2D eigenvalue weighted by Gasteiger charge is -2.09. The number of carbonyl (C=O) groups excluding carboxylic acids is 2. The van der Waals surface area contributed by atoms with Crippen molar-refractivity contribution >= 4 is 17.5 Å². The molecule has 0 unspecified atom stereocenters. The van der Waals surface area contributed by atoms with E-state index in [0.717, 1.165) is 18.4 Å². The summed E-state index contributed by atoms with van der Waals surface area (Å²) in [5.74, 6) is -1.77. The van der Waals surface area contributed by atoms with Crippen LogP contribution in [0.3, 0.4) is 0 Å². The first-order valence-corrected chi connectivity index (χ1v) is 7.19. The third-order valence-corrected chi connectivity index (χ3v) is 3.49. The van der Waals surface area contributed by atoms with Gasteiger partial charge in [-0.2, -0.15) is 13.2 Å². The molecule has 0 aromatic heterocycles. The normalized spacial score (nSPS) is 15.2. The van der Waals surface area contributed by atoms with Gasteiger partial charge < -0.3 is 10.6 Å². The van der Waals surface area contributed by atoms with Gasteiger partial charge in [0.2, 0.25) is 5.91 Å². The fourth-order valence-corrected chi connectivity index (χ4v) is 2.08. The highest BCUT2D eigenvalue weighted by molar-refractivity contribution is 5.99. The van der Waals surface area contributed by atoms with Gasteiger partial charge in [-0.25, -0.2) is 0 Å². The molecule has 0 radical (unpaired) electrons. The maximum atomic E-state index is 12.1. The zero-order valence-electron chi connectivity index (χ0n) is 12.5. The Kier molecular flexibility index (Phi) is 5.08. The maximum Gasteiger partial charge on any atom is 0.471 e. The number of benzene rings is 1. The summed E-state index contributed by atoms with van der Waals surface area (Å²) in [5, 5.41) is 4.45. The van der Waals surface area contributed by atoms with Gasteiger partial charge in [0, 0.05) is 18.3 Å². The maximum absolute atomic E-state index is 12.1. The Morgan fingerprint density at radius 3 is 2.61 bits per heavy atom. The summed E-state index contributed by atoms with van der Waals surface area (Å²) in [4.78, 5) is 22.6. The quantitative estimate of drug-likeness (QED) is 0.817. The minimum Gasteiger partial charge on any atom is -0.344 e. The molecule has 124 valence electrons. The third kappa shape index (κ3) is 5.43. The third-order valence-electron chi connectivity index (χ3n) is 3.49. The van der Waals surface area contributed by atoms with Gasteiger partial charge in [-0.1, -0.05) is 17.7 Å². The van der Waals surface area contributed by atoms with Crippen molar-refractivity contribution in [2.75, 3.05) is 5.32 Å². The van der Waals surface area contributed by atoms with Crippen LogP contribution in [0.25, 0.3) is 0 Å². The molecule has 0 heterocycles. The second kappa shape index (κ2) is 6.85. The number of amides is 2. The standard InChI is InChI=1S/C16H17F3N2O2/c1-10(12-5-6-12)7-14(22)21-13-4-2-3-11(8-13)9-20-15(23)16(17,18)19/h2-4,7-8,12H,5-6,9H2,1H3,(H,20,23)(H,21,22)/b10-7+. The Morgan fingerprint density at radius 1 is 1.30 bits per heavy atom. The zero-order valence-corrected chi connectivity index (χ0v) is 12.5. The van der Waals surface area contributed by atoms with E-state index < -0.39 is 12.1 Å². The Hall–Kier alpha value is -2.31. The summed E-state index contributed by atoms with van der Waals surface area (Å²) in [6.45, 7) is 1.64. The van der Waals surface area contributed by atoms with Gasteiger partial charge in [0.1, 0.15) is 0 Å². The van der Waals surface area contributed by atoms with Gasteiger partial charge in [0.15, 0.2) is 0 Å². The molecule has 1 saturated carbocycles. The van der Waals surface area contributed by atoms with Crippen LogP contribution in [0.15, 0.2) is 35.9 Å². The molecule has 1 fully saturated rings. The van der Waals surface area contributed by atoms with Crippen molar-refractivity contribution in [2.24, 2.45) is 5.92 Å². The molecule has 23 heavy (non-hydrogen) atoms. The van der Waals surface area contributed by atoms with Crippen molar-refractivity contribution in [1.29, 1.82) is 0 Å². The summed E-state index contributed by atoms with van der Waals surface area (Å²) in [5.41, 5.74) is 1.95. The van der Waals surface area contributed by atoms with E-state index in [0.29, 0.717) is 17.2 Å². The van der Waals surface area contributed by atoms with Gasteiger partial charge in [0.05, 0.1) is 0 Å². The highest BCUT2D eigenvalue weighted by atomic mass is 19.4. The van der Waals surface area contributed by atoms with E-state index in [1.807, 2.05) is 6.92 Å². The minimum atomic E-state index is -4.91. The molecule has 0 bridgehead atoms. The molecule has 0 atom stereocenters. The van der Waals surface area contributed by atoms with Crippen molar-refractivity contribution < 1.29 is 22.8 Å². The molecule has 2 N–H and O–H groups in total. The van der Waals surface area contributed by atoms with Gasteiger partial charge >= 0.3 is 12.1 Å². The molecule has 1 aromatic rings. The molecule has 1 aliphatic rings. The number of alkyl halides is 3. The number of halogens is 3. The molecule has 2 rings (SSSR count). The van der Waals surface area contributed by atoms with E-state index in [-0.39, 0.29) is 12.5 Å². The molecule has 4 nitrogen and oxygen atoms in total. The smallest absolute Gasteiger partial charge is 0.344 e. The zero-order chi connectivity index (χ0) is 17.0. The van der Waals surface area contributed by atoms with Crippen LogP contribution in [-0.4, -0.2) is 18.0 Å². The van der Waals surface area contributed by atoms with Crippen LogP contribution >= 0.6 is 0 Å². The van der Waals surface area contributed by atoms with Crippen LogP contribution in [0.1, 0.15) is 25.3 Å². The Balaban J connectivity index is 1.93. The largest absolute Gasteiger partial charge is 0.471 e. The van der Waals surface area contributed by atoms with Crippen LogP contribution in [0.2, 0.25) is 0 Å². The first-order valence-electron chi connectivity index (χ1n) is 7.19. The fraction of sp³-hybridized carbons (Fsp3) is 0.375. The highest BCUT2D eigenvalue weighted by Gasteiger charge is 2.38. The summed E-state index contributed by atoms with van der Waals surface area (Å²) in [6, 6.07) is 6.32. The predicted octanol–water partition coefficient (Wildman–Crippen LogP) is 3.16. The van der Waals surface area contributed by atoms with Gasteiger partial charge in [-0.15, -0.1) is 0 Å². The number of hydrogen-bond acceptors (Lipinski definition) is 2. The second-order valence-electron chi connectivity index (χ2n) is 5.53. The van der Waals surface area contributed by atoms with Gasteiger partial charge in [-0.3, -0.25) is 9.59 Å². The number of rotatable bonds is 5. The van der Waals surface area contributed by atoms with Crippen LogP contribution < -0.4 is 10.6 Å². The molecular weight excluding hydrogens is 309 g/mol. The van der Waals surface area contributed by atoms with E-state index in [4.69, 9.17) is 0 Å². The molecule has 7 heteroatoms. The number of anilines is 1. The number of hydrogen-bond donors (Lipinski definition) is 2. The molecular formula is C16H17F3N2O2. The molecule has 1 aliphatic carbocycles. The lowest BCUT2D eigenvalue weighted by Crippen LogP contribution is -2.36. The number of nitrogens with one attached hydrogen (secondary N) is 2. The lowest BCUT2D eigenvalue weighted by molar-refractivity contribution is -0.173. The Morgan fingerprint density at radius 2 is 2.00 bits per heavy atom. The Bertz CT molecular complexity index is 634. The van der Waals surface area contributed by atoms with Crippen LogP contribution in [0.5, 0.6) is 0 Å². The molecule has 0 spiro atoms. The van der Waals surface area contributed by atoms with E-state index >= 15 is 0 Å². The van der Waals surface area contributed by atoms with Gasteiger partial charge in [0.25, 0.3) is 0 Å². The molecule has 1 aromatic carbocycles. The highest BCUT2D eigenvalue weighted by Crippen LogP contribution is 2.35. The van der Waals surface area contributed by atoms with Crippen molar-refractivity contribution in [3.05, 3.63) is 41.5 Å². The summed E-state index contributed by atoms with van der Waals surface area (Å²) in [7, 11) is 0. The Labute approximate surface area is 131 Å². The SMILES string of the molecule is C/C(=C\C(=O)Nc1cccc(CNC(=O)C(F)(F)F)c1)C1CC1.